The summed E-state index contributed by atoms with van der Waals surface area (Å²) in [5.41, 5.74) is 1.33. The molecule has 0 unspecified atom stereocenters. The number of para-hydroxylation sites is 1. The fraction of sp³-hybridized carbons (Fsp3) is 0.391. The normalized spacial score (nSPS) is 14.9. The molecule has 33 heavy (non-hydrogen) atoms. The number of sulfonamides is 1. The van der Waals surface area contributed by atoms with Gasteiger partial charge in [-0.3, -0.25) is 4.79 Å². The van der Waals surface area contributed by atoms with Gasteiger partial charge in [-0.15, -0.1) is 0 Å². The Bertz CT molecular complexity index is 1200. The van der Waals surface area contributed by atoms with Gasteiger partial charge in [0.2, 0.25) is 10.0 Å². The molecule has 2 aromatic carbocycles. The highest BCUT2D eigenvalue weighted by molar-refractivity contribution is 7.89. The van der Waals surface area contributed by atoms with Crippen molar-refractivity contribution in [3.05, 3.63) is 54.4 Å². The maximum Gasteiger partial charge on any atom is 0.309 e. The van der Waals surface area contributed by atoms with Crippen molar-refractivity contribution in [1.29, 1.82) is 0 Å². The van der Waals surface area contributed by atoms with Gasteiger partial charge in [0.05, 0.1) is 42.2 Å². The largest absolute Gasteiger partial charge is 0.493 e. The lowest BCUT2D eigenvalue weighted by Gasteiger charge is -2.26. The van der Waals surface area contributed by atoms with Crippen LogP contribution in [0.3, 0.4) is 0 Å². The zero-order chi connectivity index (χ0) is 23.3. The van der Waals surface area contributed by atoms with Crippen LogP contribution in [0.4, 0.5) is 0 Å². The first-order chi connectivity index (χ1) is 16.0. The number of esters is 1. The number of nitrogens with zero attached hydrogens (tertiary/aromatic N) is 3. The van der Waals surface area contributed by atoms with Crippen molar-refractivity contribution < 1.29 is 27.4 Å². The van der Waals surface area contributed by atoms with Crippen LogP contribution in [0.2, 0.25) is 0 Å². The number of benzene rings is 2. The zero-order valence-corrected chi connectivity index (χ0v) is 19.3. The lowest BCUT2D eigenvalue weighted by Crippen LogP contribution is -2.40. The average Bonchev–Trinajstić information content (AvgIpc) is 3.20. The molecule has 0 radical (unpaired) electrons. The highest BCUT2D eigenvalue weighted by Gasteiger charge is 2.27. The van der Waals surface area contributed by atoms with Crippen LogP contribution in [-0.4, -0.2) is 61.2 Å². The van der Waals surface area contributed by atoms with Gasteiger partial charge in [0.15, 0.2) is 0 Å². The molecule has 0 saturated carbocycles. The Hall–Kier alpha value is -2.95. The average molecular weight is 474 g/mol. The van der Waals surface area contributed by atoms with Crippen molar-refractivity contribution in [2.45, 2.75) is 31.4 Å². The van der Waals surface area contributed by atoms with E-state index in [1.165, 1.54) is 4.31 Å². The van der Waals surface area contributed by atoms with E-state index < -0.39 is 16.0 Å². The molecular weight excluding hydrogens is 446 g/mol. The summed E-state index contributed by atoms with van der Waals surface area (Å²) < 4.78 is 45.4. The molecule has 1 aromatic heterocycles. The smallest absolute Gasteiger partial charge is 0.309 e. The standard InChI is InChI=1S/C23H27N3O6S/c1-2-26-21-9-8-19(33(28,29)25-11-14-30-15-12-25)16-20(21)24-22(26)17-32-23(27)10-13-31-18-6-4-3-5-7-18/h3-9,16H,2,10-15,17H2,1H3. The van der Waals surface area contributed by atoms with Gasteiger partial charge in [0.1, 0.15) is 18.2 Å². The van der Waals surface area contributed by atoms with Crippen LogP contribution in [0.25, 0.3) is 11.0 Å². The maximum absolute atomic E-state index is 13.0. The van der Waals surface area contributed by atoms with E-state index in [-0.39, 0.29) is 24.5 Å². The molecule has 0 spiro atoms. The second-order valence-corrected chi connectivity index (χ2v) is 9.45. The highest BCUT2D eigenvalue weighted by Crippen LogP contribution is 2.24. The fourth-order valence-corrected chi connectivity index (χ4v) is 5.13. The minimum Gasteiger partial charge on any atom is -0.493 e. The molecule has 2 heterocycles. The van der Waals surface area contributed by atoms with E-state index in [0.29, 0.717) is 49.9 Å². The number of rotatable bonds is 9. The maximum atomic E-state index is 13.0. The van der Waals surface area contributed by atoms with E-state index in [9.17, 15) is 13.2 Å². The molecule has 9 nitrogen and oxygen atoms in total. The van der Waals surface area contributed by atoms with Crippen LogP contribution in [0.5, 0.6) is 5.75 Å². The molecule has 3 aromatic rings. The molecule has 10 heteroatoms. The summed E-state index contributed by atoms with van der Waals surface area (Å²) in [6.45, 7) is 4.22. The van der Waals surface area contributed by atoms with Crippen LogP contribution in [-0.2, 0) is 37.4 Å². The molecule has 1 saturated heterocycles. The minimum atomic E-state index is -3.62. The van der Waals surface area contributed by atoms with Crippen LogP contribution in [0.15, 0.2) is 53.4 Å². The first-order valence-corrected chi connectivity index (χ1v) is 12.3. The quantitative estimate of drug-likeness (QED) is 0.441. The third kappa shape index (κ3) is 5.35. The van der Waals surface area contributed by atoms with Crippen LogP contribution >= 0.6 is 0 Å². The molecule has 0 amide bonds. The van der Waals surface area contributed by atoms with Gasteiger partial charge < -0.3 is 18.8 Å². The minimum absolute atomic E-state index is 0.00175. The van der Waals surface area contributed by atoms with Gasteiger partial charge in [-0.2, -0.15) is 4.31 Å². The van der Waals surface area contributed by atoms with E-state index in [0.717, 1.165) is 5.52 Å². The molecule has 1 fully saturated rings. The first-order valence-electron chi connectivity index (χ1n) is 10.9. The third-order valence-electron chi connectivity index (χ3n) is 5.40. The van der Waals surface area contributed by atoms with Gasteiger partial charge in [-0.1, -0.05) is 18.2 Å². The second-order valence-electron chi connectivity index (χ2n) is 7.51. The molecular formula is C23H27N3O6S. The summed E-state index contributed by atoms with van der Waals surface area (Å²) in [4.78, 5) is 16.9. The van der Waals surface area contributed by atoms with Crippen LogP contribution < -0.4 is 4.74 Å². The Morgan fingerprint density at radius 2 is 1.88 bits per heavy atom. The van der Waals surface area contributed by atoms with Gasteiger partial charge in [-0.05, 0) is 37.3 Å². The number of morpholine rings is 1. The summed E-state index contributed by atoms with van der Waals surface area (Å²) in [6, 6.07) is 14.2. The number of fused-ring (bicyclic) bond motifs is 1. The lowest BCUT2D eigenvalue weighted by molar-refractivity contribution is -0.145. The van der Waals surface area contributed by atoms with Gasteiger partial charge >= 0.3 is 5.97 Å². The van der Waals surface area contributed by atoms with E-state index in [4.69, 9.17) is 14.2 Å². The number of aromatic nitrogens is 2. The van der Waals surface area contributed by atoms with E-state index in [1.807, 2.05) is 41.8 Å². The van der Waals surface area contributed by atoms with Crippen molar-refractivity contribution >= 4 is 27.0 Å². The molecule has 0 N–H and O–H groups in total. The van der Waals surface area contributed by atoms with Crippen molar-refractivity contribution in [3.8, 4) is 5.75 Å². The number of hydrogen-bond donors (Lipinski definition) is 0. The zero-order valence-electron chi connectivity index (χ0n) is 18.5. The number of ether oxygens (including phenoxy) is 3. The lowest BCUT2D eigenvalue weighted by atomic mass is 10.3. The summed E-state index contributed by atoms with van der Waals surface area (Å²) in [7, 11) is -3.62. The molecule has 0 atom stereocenters. The Morgan fingerprint density at radius 3 is 2.61 bits per heavy atom. The van der Waals surface area contributed by atoms with E-state index >= 15 is 0 Å². The molecule has 1 aliphatic rings. The Labute approximate surface area is 192 Å². The molecule has 0 aliphatic carbocycles. The molecule has 4 rings (SSSR count). The summed E-state index contributed by atoms with van der Waals surface area (Å²) in [5, 5.41) is 0. The molecule has 0 bridgehead atoms. The van der Waals surface area contributed by atoms with Crippen LogP contribution in [0.1, 0.15) is 19.2 Å². The summed E-state index contributed by atoms with van der Waals surface area (Å²) in [6.07, 6.45) is 0.114. The number of aryl methyl sites for hydroxylation is 1. The monoisotopic (exact) mass is 473 g/mol. The van der Waals surface area contributed by atoms with Crippen molar-refractivity contribution in [2.24, 2.45) is 0 Å². The number of carbonyl (C=O) groups is 1. The van der Waals surface area contributed by atoms with E-state index in [1.54, 1.807) is 18.2 Å². The Morgan fingerprint density at radius 1 is 1.12 bits per heavy atom. The number of imidazole rings is 1. The topological polar surface area (TPSA) is 100.0 Å². The predicted octanol–water partition coefficient (Wildman–Crippen LogP) is 2.59. The fourth-order valence-electron chi connectivity index (χ4n) is 3.71. The first kappa shape index (κ1) is 23.2. The van der Waals surface area contributed by atoms with Gasteiger partial charge in [0, 0.05) is 19.6 Å². The second kappa shape index (κ2) is 10.3. The summed E-state index contributed by atoms with van der Waals surface area (Å²) in [5.74, 6) is 0.864. The van der Waals surface area contributed by atoms with Gasteiger partial charge in [0.25, 0.3) is 0 Å². The van der Waals surface area contributed by atoms with Crippen molar-refractivity contribution in [1.82, 2.24) is 13.9 Å². The number of carbonyl (C=O) groups excluding carboxylic acids is 1. The van der Waals surface area contributed by atoms with Gasteiger partial charge in [-0.25, -0.2) is 13.4 Å². The Balaban J connectivity index is 1.42. The Kier molecular flexibility index (Phi) is 7.26. The van der Waals surface area contributed by atoms with Crippen molar-refractivity contribution in [3.63, 3.8) is 0 Å². The SMILES string of the molecule is CCn1c(COC(=O)CCOc2ccccc2)nc2cc(S(=O)(=O)N3CCOCC3)ccc21. The number of hydrogen-bond acceptors (Lipinski definition) is 7. The van der Waals surface area contributed by atoms with Crippen molar-refractivity contribution in [2.75, 3.05) is 32.9 Å². The third-order valence-corrected chi connectivity index (χ3v) is 7.30. The highest BCUT2D eigenvalue weighted by atomic mass is 32.2. The van der Waals surface area contributed by atoms with Crippen LogP contribution in [0, 0.1) is 0 Å². The molecule has 1 aliphatic heterocycles. The predicted molar refractivity (Wildman–Crippen MR) is 121 cm³/mol. The van der Waals surface area contributed by atoms with E-state index in [2.05, 4.69) is 4.98 Å². The summed E-state index contributed by atoms with van der Waals surface area (Å²) >= 11 is 0. The molecule has 176 valence electrons.